The predicted octanol–water partition coefficient (Wildman–Crippen LogP) is 2.07. The molecule has 0 atom stereocenters. The zero-order valence-electron chi connectivity index (χ0n) is 12.7. The van der Waals surface area contributed by atoms with Crippen LogP contribution in [0.15, 0.2) is 30.0 Å². The van der Waals surface area contributed by atoms with Gasteiger partial charge in [-0.2, -0.15) is 0 Å². The van der Waals surface area contributed by atoms with Gasteiger partial charge in [-0.3, -0.25) is 0 Å². The second-order valence-corrected chi connectivity index (χ2v) is 4.61. The summed E-state index contributed by atoms with van der Waals surface area (Å²) >= 11 is 5.99. The fourth-order valence-corrected chi connectivity index (χ4v) is 1.73. The van der Waals surface area contributed by atoms with E-state index in [-0.39, 0.29) is 29.4 Å². The molecule has 120 valence electrons. The molecule has 1 aromatic carbocycles. The monoisotopic (exact) mass is 335 g/mol. The number of hydrogen-bond donors (Lipinski definition) is 1. The van der Waals surface area contributed by atoms with Crippen LogP contribution in [0.5, 0.6) is 0 Å². The molecular weight excluding hydrogens is 320 g/mol. The number of halogens is 1. The Morgan fingerprint density at radius 3 is 2.22 bits per heavy atom. The van der Waals surface area contributed by atoms with E-state index in [2.05, 4.69) is 5.32 Å². The lowest BCUT2D eigenvalue weighted by atomic mass is 9.94. The van der Waals surface area contributed by atoms with Crippen LogP contribution in [0.25, 0.3) is 0 Å². The summed E-state index contributed by atoms with van der Waals surface area (Å²) in [6, 6.07) is 4.32. The van der Waals surface area contributed by atoms with Gasteiger partial charge in [-0.25, -0.2) is 9.59 Å². The van der Waals surface area contributed by atoms with Gasteiger partial charge in [0.25, 0.3) is 0 Å². The molecule has 23 heavy (non-hydrogen) atoms. The average molecular weight is 336 g/mol. The molecule has 0 aliphatic rings. The first-order valence-electron chi connectivity index (χ1n) is 6.81. The van der Waals surface area contributed by atoms with Gasteiger partial charge in [0.15, 0.2) is 13.4 Å². The van der Waals surface area contributed by atoms with Gasteiger partial charge < -0.3 is 19.6 Å². The molecule has 0 aromatic heterocycles. The van der Waals surface area contributed by atoms with Crippen molar-refractivity contribution in [1.29, 1.82) is 0 Å². The lowest BCUT2D eigenvalue weighted by Gasteiger charge is -2.09. The van der Waals surface area contributed by atoms with Crippen LogP contribution in [0, 0.1) is 0 Å². The Balaban J connectivity index is 3.09. The standard InChI is InChI=1S/C15H15BClNO5/c1-3-22-14(20)10(15(21)23-4-2)8-18-12-7-9(13(16)19)5-6-11(12)17/h5-8,18H,3-4H2,1-2H3. The van der Waals surface area contributed by atoms with Crippen molar-refractivity contribution in [3.63, 3.8) is 0 Å². The smallest absolute Gasteiger partial charge is 0.347 e. The molecule has 0 saturated heterocycles. The number of benzene rings is 1. The summed E-state index contributed by atoms with van der Waals surface area (Å²) in [5, 5.41) is 2.96. The summed E-state index contributed by atoms with van der Waals surface area (Å²) in [4.78, 5) is 34.8. The van der Waals surface area contributed by atoms with Crippen LogP contribution in [-0.2, 0) is 19.1 Å². The van der Waals surface area contributed by atoms with E-state index in [0.29, 0.717) is 5.69 Å². The fraction of sp³-hybridized carbons (Fsp3) is 0.267. The first-order valence-corrected chi connectivity index (χ1v) is 7.18. The van der Waals surface area contributed by atoms with E-state index in [9.17, 15) is 14.4 Å². The maximum Gasteiger partial charge on any atom is 0.347 e. The highest BCUT2D eigenvalue weighted by atomic mass is 35.5. The first-order chi connectivity index (χ1) is 10.9. The van der Waals surface area contributed by atoms with E-state index in [1.165, 1.54) is 18.2 Å². The van der Waals surface area contributed by atoms with Crippen LogP contribution >= 0.6 is 11.6 Å². The highest BCUT2D eigenvalue weighted by Crippen LogP contribution is 2.23. The van der Waals surface area contributed by atoms with Gasteiger partial charge in [-0.05, 0) is 26.0 Å². The van der Waals surface area contributed by atoms with Crippen molar-refractivity contribution in [3.8, 4) is 0 Å². The molecule has 0 spiro atoms. The quantitative estimate of drug-likeness (QED) is 0.270. The van der Waals surface area contributed by atoms with Crippen molar-refractivity contribution in [1.82, 2.24) is 0 Å². The van der Waals surface area contributed by atoms with Gasteiger partial charge in [-0.1, -0.05) is 17.7 Å². The molecule has 1 N–H and O–H groups in total. The number of carbonyl (C=O) groups is 3. The van der Waals surface area contributed by atoms with Crippen molar-refractivity contribution in [3.05, 3.63) is 40.6 Å². The Hall–Kier alpha value is -2.28. The van der Waals surface area contributed by atoms with Crippen LogP contribution in [0.1, 0.15) is 24.2 Å². The maximum absolute atomic E-state index is 11.8. The largest absolute Gasteiger partial charge is 0.462 e. The van der Waals surface area contributed by atoms with Gasteiger partial charge in [0, 0.05) is 11.8 Å². The number of carbonyl (C=O) groups excluding carboxylic acids is 3. The molecule has 0 unspecified atom stereocenters. The number of rotatable bonds is 7. The summed E-state index contributed by atoms with van der Waals surface area (Å²) in [6.45, 7) is 3.43. The van der Waals surface area contributed by atoms with E-state index in [1.54, 1.807) is 13.8 Å². The predicted molar refractivity (Wildman–Crippen MR) is 86.5 cm³/mol. The van der Waals surface area contributed by atoms with E-state index in [1.807, 2.05) is 0 Å². The second-order valence-electron chi connectivity index (χ2n) is 4.20. The molecule has 8 heteroatoms. The molecule has 1 rings (SSSR count). The van der Waals surface area contributed by atoms with Gasteiger partial charge in [0.05, 0.1) is 23.9 Å². The molecule has 1 aromatic rings. The molecular formula is C15H15BClNO5. The first kappa shape index (κ1) is 18.8. The van der Waals surface area contributed by atoms with Crippen LogP contribution < -0.4 is 5.32 Å². The molecule has 0 bridgehead atoms. The Bertz CT molecular complexity index is 625. The Morgan fingerprint density at radius 1 is 1.17 bits per heavy atom. The Morgan fingerprint density at radius 2 is 1.74 bits per heavy atom. The third kappa shape index (κ3) is 5.45. The van der Waals surface area contributed by atoms with Gasteiger partial charge >= 0.3 is 11.9 Å². The number of esters is 2. The maximum atomic E-state index is 11.8. The van der Waals surface area contributed by atoms with Crippen molar-refractivity contribution in [2.75, 3.05) is 18.5 Å². The highest BCUT2D eigenvalue weighted by molar-refractivity contribution is 6.62. The van der Waals surface area contributed by atoms with Crippen LogP contribution in [0.4, 0.5) is 5.69 Å². The molecule has 0 heterocycles. The number of ether oxygens (including phenoxy) is 2. The lowest BCUT2D eigenvalue weighted by Crippen LogP contribution is -2.19. The minimum atomic E-state index is -0.833. The van der Waals surface area contributed by atoms with E-state index < -0.39 is 17.6 Å². The molecule has 0 fully saturated rings. The number of nitrogens with one attached hydrogen (secondary N) is 1. The summed E-state index contributed by atoms with van der Waals surface area (Å²) in [6.07, 6.45) is 1.11. The van der Waals surface area contributed by atoms with Gasteiger partial charge in [-0.15, -0.1) is 0 Å². The SMILES string of the molecule is [B]C(=O)c1ccc(Cl)c(NC=C(C(=O)OCC)C(=O)OCC)c1. The van der Waals surface area contributed by atoms with Crippen molar-refractivity contribution >= 4 is 42.8 Å². The molecule has 0 aliphatic carbocycles. The van der Waals surface area contributed by atoms with Crippen LogP contribution in [-0.4, -0.2) is 38.7 Å². The molecule has 0 aliphatic heterocycles. The summed E-state index contributed by atoms with van der Waals surface area (Å²) in [5.41, 5.74) is -0.438. The third-order valence-corrected chi connectivity index (χ3v) is 2.94. The average Bonchev–Trinajstić information content (AvgIpc) is 2.49. The minimum absolute atomic E-state index is 0.105. The van der Waals surface area contributed by atoms with Gasteiger partial charge in [0.2, 0.25) is 0 Å². The molecule has 0 amide bonds. The van der Waals surface area contributed by atoms with E-state index in [0.717, 1.165) is 6.20 Å². The second kappa shape index (κ2) is 9.00. The topological polar surface area (TPSA) is 81.7 Å². The Kier molecular flexibility index (Phi) is 7.34. The lowest BCUT2D eigenvalue weighted by molar-refractivity contribution is -0.146. The Labute approximate surface area is 140 Å². The number of anilines is 1. The van der Waals surface area contributed by atoms with Crippen molar-refractivity contribution in [2.45, 2.75) is 13.8 Å². The molecule has 6 nitrogen and oxygen atoms in total. The van der Waals surface area contributed by atoms with Crippen LogP contribution in [0.3, 0.4) is 0 Å². The molecule has 0 saturated carbocycles. The minimum Gasteiger partial charge on any atom is -0.462 e. The fourth-order valence-electron chi connectivity index (χ4n) is 1.56. The van der Waals surface area contributed by atoms with Crippen molar-refractivity contribution in [2.24, 2.45) is 0 Å². The molecule has 2 radical (unpaired) electrons. The van der Waals surface area contributed by atoms with Crippen LogP contribution in [0.2, 0.25) is 5.02 Å². The summed E-state index contributed by atoms with van der Waals surface area (Å²) in [7, 11) is 5.19. The zero-order chi connectivity index (χ0) is 17.4. The summed E-state index contributed by atoms with van der Waals surface area (Å²) < 4.78 is 9.59. The van der Waals surface area contributed by atoms with E-state index in [4.69, 9.17) is 28.9 Å². The highest BCUT2D eigenvalue weighted by Gasteiger charge is 2.21. The summed E-state index contributed by atoms with van der Waals surface area (Å²) in [5.74, 6) is -1.67. The normalized spacial score (nSPS) is 9.70. The van der Waals surface area contributed by atoms with E-state index >= 15 is 0 Å². The van der Waals surface area contributed by atoms with Gasteiger partial charge in [0.1, 0.15) is 5.68 Å². The zero-order valence-corrected chi connectivity index (χ0v) is 13.5. The number of hydrogen-bond acceptors (Lipinski definition) is 6. The third-order valence-electron chi connectivity index (χ3n) is 2.61. The van der Waals surface area contributed by atoms with Crippen molar-refractivity contribution < 1.29 is 23.9 Å².